The Hall–Kier alpha value is -3.19. The SMILES string of the molecule is COCOc1cc(-c2ncc3c(N4CC5CCC(C5)C4)nc(SC)nc3c2F)c2c(C#C[Si](C(C)C)(C(C)C)C(C)C)cccc2c1. The van der Waals surface area contributed by atoms with Gasteiger partial charge >= 0.3 is 0 Å². The fourth-order valence-corrected chi connectivity index (χ4v) is 14.0. The minimum absolute atomic E-state index is 0.0782. The Balaban J connectivity index is 1.57. The molecule has 1 saturated heterocycles. The molecule has 2 aromatic heterocycles. The van der Waals surface area contributed by atoms with Crippen molar-refractivity contribution in [2.24, 2.45) is 11.8 Å². The standard InChI is InChI=1S/C38H47FN4O2SSi/c1-23(2)47(24(3)4,25(5)6)15-14-28-10-9-11-29-17-30(45-22-44-7)18-31(33(28)29)35-34(39)36-32(19-40-35)37(42-38(41-36)46-8)43-20-26-12-13-27(16-26)21-43/h9-11,17-19,23-27H,12-13,16,20-22H2,1-8H3. The topological polar surface area (TPSA) is 60.4 Å². The largest absolute Gasteiger partial charge is 0.468 e. The van der Waals surface area contributed by atoms with Gasteiger partial charge in [-0.2, -0.15) is 0 Å². The van der Waals surface area contributed by atoms with Crippen molar-refractivity contribution in [3.8, 4) is 28.5 Å². The maximum atomic E-state index is 17.0. The second kappa shape index (κ2) is 13.7. The summed E-state index contributed by atoms with van der Waals surface area (Å²) in [4.78, 5) is 16.8. The van der Waals surface area contributed by atoms with Crippen LogP contribution in [-0.4, -0.2) is 56.3 Å². The molecule has 2 fully saturated rings. The van der Waals surface area contributed by atoms with E-state index >= 15 is 4.39 Å². The highest BCUT2D eigenvalue weighted by Gasteiger charge is 2.42. The van der Waals surface area contributed by atoms with Gasteiger partial charge in [-0.1, -0.05) is 71.4 Å². The van der Waals surface area contributed by atoms with Crippen molar-refractivity contribution in [1.29, 1.82) is 0 Å². The van der Waals surface area contributed by atoms with Gasteiger partial charge in [-0.15, -0.1) is 5.54 Å². The lowest BCUT2D eigenvalue weighted by atomic mass is 9.96. The Morgan fingerprint density at radius 1 is 1.02 bits per heavy atom. The minimum atomic E-state index is -2.03. The number of methoxy groups -OCH3 is 1. The van der Waals surface area contributed by atoms with Gasteiger partial charge in [0.05, 0.1) is 5.39 Å². The number of pyridine rings is 1. The lowest BCUT2D eigenvalue weighted by Crippen LogP contribution is -2.43. The van der Waals surface area contributed by atoms with Gasteiger partial charge in [0.25, 0.3) is 0 Å². The zero-order valence-electron chi connectivity index (χ0n) is 29.0. The Bertz CT molecular complexity index is 1820. The second-order valence-corrected chi connectivity index (χ2v) is 20.6. The zero-order chi connectivity index (χ0) is 33.5. The van der Waals surface area contributed by atoms with Gasteiger partial charge in [-0.25, -0.2) is 14.4 Å². The van der Waals surface area contributed by atoms with Gasteiger partial charge in [0.15, 0.2) is 17.8 Å². The molecule has 1 aliphatic carbocycles. The van der Waals surface area contributed by atoms with E-state index in [1.807, 2.05) is 36.6 Å². The fourth-order valence-electron chi connectivity index (χ4n) is 8.43. The molecule has 0 amide bonds. The molecular formula is C38H47FN4O2SSi. The molecule has 2 unspecified atom stereocenters. The van der Waals surface area contributed by atoms with Gasteiger partial charge in [0, 0.05) is 42.9 Å². The third-order valence-electron chi connectivity index (χ3n) is 10.6. The van der Waals surface area contributed by atoms with Crippen molar-refractivity contribution in [3.05, 3.63) is 47.9 Å². The smallest absolute Gasteiger partial charge is 0.189 e. The van der Waals surface area contributed by atoms with Crippen LogP contribution < -0.4 is 9.64 Å². The van der Waals surface area contributed by atoms with E-state index in [1.54, 1.807) is 13.3 Å². The molecule has 2 aliphatic rings. The lowest BCUT2D eigenvalue weighted by Gasteiger charge is -2.38. The van der Waals surface area contributed by atoms with E-state index in [0.29, 0.717) is 55.8 Å². The number of aromatic nitrogens is 3. The van der Waals surface area contributed by atoms with E-state index in [4.69, 9.17) is 24.4 Å². The van der Waals surface area contributed by atoms with Gasteiger partial charge in [0.2, 0.25) is 0 Å². The number of benzene rings is 2. The molecule has 2 atom stereocenters. The van der Waals surface area contributed by atoms with Crippen molar-refractivity contribution in [3.63, 3.8) is 0 Å². The molecule has 248 valence electrons. The number of piperidine rings is 1. The maximum absolute atomic E-state index is 17.0. The lowest BCUT2D eigenvalue weighted by molar-refractivity contribution is 0.0512. The van der Waals surface area contributed by atoms with Crippen molar-refractivity contribution >= 4 is 47.3 Å². The number of rotatable bonds is 9. The number of anilines is 1. The fraction of sp³-hybridized carbons (Fsp3) is 0.500. The molecule has 47 heavy (non-hydrogen) atoms. The molecule has 2 bridgehead atoms. The van der Waals surface area contributed by atoms with E-state index in [2.05, 4.69) is 57.9 Å². The number of halogens is 1. The predicted molar refractivity (Wildman–Crippen MR) is 195 cm³/mol. The molecule has 3 heterocycles. The summed E-state index contributed by atoms with van der Waals surface area (Å²) in [5.41, 5.74) is 7.39. The summed E-state index contributed by atoms with van der Waals surface area (Å²) in [5.74, 6) is 5.89. The van der Waals surface area contributed by atoms with Crippen LogP contribution in [0.2, 0.25) is 16.6 Å². The molecule has 0 N–H and O–H groups in total. The summed E-state index contributed by atoms with van der Waals surface area (Å²) in [6, 6.07) is 9.92. The first-order valence-corrected chi connectivity index (χ1v) is 20.4. The average molecular weight is 671 g/mol. The second-order valence-electron chi connectivity index (χ2n) is 14.2. The predicted octanol–water partition coefficient (Wildman–Crippen LogP) is 9.49. The normalized spacial score (nSPS) is 18.1. The summed E-state index contributed by atoms with van der Waals surface area (Å²) in [7, 11) is -0.439. The summed E-state index contributed by atoms with van der Waals surface area (Å²) < 4.78 is 28.2. The van der Waals surface area contributed by atoms with Crippen molar-refractivity contribution < 1.29 is 13.9 Å². The van der Waals surface area contributed by atoms with Crippen LogP contribution in [0.4, 0.5) is 10.2 Å². The van der Waals surface area contributed by atoms with Gasteiger partial charge in [-0.3, -0.25) is 4.98 Å². The van der Waals surface area contributed by atoms with Crippen LogP contribution in [0.3, 0.4) is 0 Å². The quantitative estimate of drug-likeness (QED) is 0.0578. The first kappa shape index (κ1) is 33.7. The number of hydrogen-bond acceptors (Lipinski definition) is 7. The maximum Gasteiger partial charge on any atom is 0.189 e. The number of ether oxygens (including phenoxy) is 2. The molecule has 2 aromatic carbocycles. The van der Waals surface area contributed by atoms with Crippen LogP contribution in [0.1, 0.15) is 66.4 Å². The van der Waals surface area contributed by atoms with Crippen LogP contribution in [0.5, 0.6) is 5.75 Å². The van der Waals surface area contributed by atoms with E-state index < -0.39 is 13.9 Å². The van der Waals surface area contributed by atoms with Crippen LogP contribution >= 0.6 is 11.8 Å². The third-order valence-corrected chi connectivity index (χ3v) is 17.4. The Labute approximate surface area is 284 Å². The van der Waals surface area contributed by atoms with Crippen LogP contribution in [0.25, 0.3) is 32.9 Å². The monoisotopic (exact) mass is 670 g/mol. The Morgan fingerprint density at radius 3 is 2.36 bits per heavy atom. The first-order valence-electron chi connectivity index (χ1n) is 16.9. The van der Waals surface area contributed by atoms with E-state index in [0.717, 1.165) is 35.2 Å². The Kier molecular flexibility index (Phi) is 9.85. The van der Waals surface area contributed by atoms with Crippen molar-refractivity contribution in [2.45, 2.75) is 82.6 Å². The van der Waals surface area contributed by atoms with Crippen molar-refractivity contribution in [2.75, 3.05) is 38.1 Å². The molecule has 1 aliphatic heterocycles. The van der Waals surface area contributed by atoms with Crippen molar-refractivity contribution in [1.82, 2.24) is 15.0 Å². The summed E-state index contributed by atoms with van der Waals surface area (Å²) in [5, 5.41) is 2.99. The molecule has 0 spiro atoms. The zero-order valence-corrected chi connectivity index (χ0v) is 30.8. The molecule has 0 radical (unpaired) electrons. The molecular weight excluding hydrogens is 624 g/mol. The van der Waals surface area contributed by atoms with Crippen LogP contribution in [-0.2, 0) is 4.74 Å². The number of nitrogens with zero attached hydrogens (tertiary/aromatic N) is 4. The number of hydrogen-bond donors (Lipinski definition) is 0. The highest BCUT2D eigenvalue weighted by atomic mass is 32.2. The van der Waals surface area contributed by atoms with Gasteiger partial charge in [0.1, 0.15) is 30.9 Å². The molecule has 1 saturated carbocycles. The number of fused-ring (bicyclic) bond motifs is 4. The first-order chi connectivity index (χ1) is 22.6. The van der Waals surface area contributed by atoms with Gasteiger partial charge < -0.3 is 14.4 Å². The summed E-state index contributed by atoms with van der Waals surface area (Å²) in [6.45, 7) is 15.9. The Morgan fingerprint density at radius 2 is 1.72 bits per heavy atom. The van der Waals surface area contributed by atoms with E-state index in [1.165, 1.54) is 31.0 Å². The highest BCUT2D eigenvalue weighted by molar-refractivity contribution is 7.98. The van der Waals surface area contributed by atoms with E-state index in [9.17, 15) is 0 Å². The van der Waals surface area contributed by atoms with Crippen LogP contribution in [0.15, 0.2) is 41.7 Å². The number of thioether (sulfide) groups is 1. The minimum Gasteiger partial charge on any atom is -0.468 e. The summed E-state index contributed by atoms with van der Waals surface area (Å²) >= 11 is 1.44. The van der Waals surface area contributed by atoms with Gasteiger partial charge in [-0.05, 0) is 77.6 Å². The molecule has 9 heteroatoms. The molecule has 4 aromatic rings. The van der Waals surface area contributed by atoms with Crippen LogP contribution in [0, 0.1) is 29.1 Å². The third kappa shape index (κ3) is 6.25. The molecule has 6 nitrogen and oxygen atoms in total. The van der Waals surface area contributed by atoms with E-state index in [-0.39, 0.29) is 12.5 Å². The molecule has 6 rings (SSSR count). The summed E-state index contributed by atoms with van der Waals surface area (Å²) in [6.07, 6.45) is 7.49. The average Bonchev–Trinajstić information content (AvgIpc) is 3.39. The highest BCUT2D eigenvalue weighted by Crippen LogP contribution is 2.43.